The first-order chi connectivity index (χ1) is 12.5. The number of benzene rings is 1. The van der Waals surface area contributed by atoms with Crippen LogP contribution in [0.15, 0.2) is 47.1 Å². The van der Waals surface area contributed by atoms with Crippen LogP contribution in [-0.4, -0.2) is 30.4 Å². The minimum absolute atomic E-state index is 0.0224. The maximum atomic E-state index is 12.2. The van der Waals surface area contributed by atoms with Gasteiger partial charge in [0.05, 0.1) is 30.6 Å². The van der Waals surface area contributed by atoms with Gasteiger partial charge in [0, 0.05) is 6.04 Å². The molecule has 1 aromatic carbocycles. The Morgan fingerprint density at radius 1 is 1.04 bits per heavy atom. The third-order valence-electron chi connectivity index (χ3n) is 3.28. The van der Waals surface area contributed by atoms with Crippen molar-refractivity contribution in [3.05, 3.63) is 54.0 Å². The fourth-order valence-electron chi connectivity index (χ4n) is 2.13. The number of anilines is 1. The van der Waals surface area contributed by atoms with Crippen molar-refractivity contribution >= 4 is 23.5 Å². The molecule has 0 saturated heterocycles. The Kier molecular flexibility index (Phi) is 6.78. The van der Waals surface area contributed by atoms with Crippen LogP contribution in [0.3, 0.4) is 0 Å². The number of para-hydroxylation sites is 1. The molecular weight excluding hydrogens is 336 g/mol. The fraction of sp³-hybridized carbons (Fsp3) is 0.278. The Morgan fingerprint density at radius 3 is 2.50 bits per heavy atom. The van der Waals surface area contributed by atoms with E-state index < -0.39 is 11.9 Å². The summed E-state index contributed by atoms with van der Waals surface area (Å²) in [6.45, 7) is 3.69. The topological polar surface area (TPSA) is 112 Å². The molecule has 4 N–H and O–H groups in total. The van der Waals surface area contributed by atoms with Crippen molar-refractivity contribution in [1.82, 2.24) is 16.0 Å². The summed E-state index contributed by atoms with van der Waals surface area (Å²) in [7, 11) is 0. The lowest BCUT2D eigenvalue weighted by atomic mass is 10.1. The molecule has 0 spiro atoms. The zero-order valence-electron chi connectivity index (χ0n) is 14.7. The lowest BCUT2D eigenvalue weighted by Crippen LogP contribution is -2.40. The van der Waals surface area contributed by atoms with Crippen LogP contribution < -0.4 is 21.3 Å². The van der Waals surface area contributed by atoms with Gasteiger partial charge in [0.2, 0.25) is 5.91 Å². The summed E-state index contributed by atoms with van der Waals surface area (Å²) in [4.78, 5) is 35.9. The van der Waals surface area contributed by atoms with E-state index in [0.717, 1.165) is 0 Å². The molecule has 0 unspecified atom stereocenters. The average molecular weight is 358 g/mol. The van der Waals surface area contributed by atoms with E-state index >= 15 is 0 Å². The molecule has 8 heteroatoms. The average Bonchev–Trinajstić information content (AvgIpc) is 3.11. The van der Waals surface area contributed by atoms with E-state index in [9.17, 15) is 14.4 Å². The summed E-state index contributed by atoms with van der Waals surface area (Å²) in [6, 6.07) is 9.60. The SMILES string of the molecule is CC(C)NC(=O)c1ccccc1NC(=O)CNC(=O)NCc1ccco1. The smallest absolute Gasteiger partial charge is 0.315 e. The molecular formula is C18H22N4O4. The first-order valence-electron chi connectivity index (χ1n) is 8.19. The van der Waals surface area contributed by atoms with E-state index in [2.05, 4.69) is 21.3 Å². The van der Waals surface area contributed by atoms with Crippen molar-refractivity contribution in [2.24, 2.45) is 0 Å². The van der Waals surface area contributed by atoms with E-state index in [1.54, 1.807) is 36.4 Å². The molecule has 0 fully saturated rings. The molecule has 0 bridgehead atoms. The van der Waals surface area contributed by atoms with Gasteiger partial charge in [-0.3, -0.25) is 9.59 Å². The van der Waals surface area contributed by atoms with Crippen molar-refractivity contribution in [3.8, 4) is 0 Å². The van der Waals surface area contributed by atoms with Gasteiger partial charge in [-0.05, 0) is 38.1 Å². The number of nitrogens with one attached hydrogen (secondary N) is 4. The molecule has 2 rings (SSSR count). The number of carbonyl (C=O) groups is 3. The predicted molar refractivity (Wildman–Crippen MR) is 96.6 cm³/mol. The number of urea groups is 1. The van der Waals surface area contributed by atoms with Crippen LogP contribution in [0.25, 0.3) is 0 Å². The second-order valence-electron chi connectivity index (χ2n) is 5.84. The van der Waals surface area contributed by atoms with Gasteiger partial charge in [0.1, 0.15) is 5.76 Å². The van der Waals surface area contributed by atoms with E-state index in [1.807, 2.05) is 13.8 Å². The van der Waals surface area contributed by atoms with Crippen LogP contribution in [0, 0.1) is 0 Å². The Hall–Kier alpha value is -3.29. The third-order valence-corrected chi connectivity index (χ3v) is 3.28. The van der Waals surface area contributed by atoms with Gasteiger partial charge >= 0.3 is 6.03 Å². The van der Waals surface area contributed by atoms with E-state index in [-0.39, 0.29) is 25.0 Å². The van der Waals surface area contributed by atoms with Gasteiger partial charge in [-0.15, -0.1) is 0 Å². The third kappa shape index (κ3) is 5.97. The van der Waals surface area contributed by atoms with Gasteiger partial charge in [0.25, 0.3) is 5.91 Å². The lowest BCUT2D eigenvalue weighted by molar-refractivity contribution is -0.115. The van der Waals surface area contributed by atoms with Crippen molar-refractivity contribution in [2.75, 3.05) is 11.9 Å². The maximum Gasteiger partial charge on any atom is 0.315 e. The number of rotatable bonds is 7. The lowest BCUT2D eigenvalue weighted by Gasteiger charge is -2.13. The van der Waals surface area contributed by atoms with E-state index in [1.165, 1.54) is 6.26 Å². The van der Waals surface area contributed by atoms with Crippen LogP contribution in [0.5, 0.6) is 0 Å². The highest BCUT2D eigenvalue weighted by Crippen LogP contribution is 2.15. The van der Waals surface area contributed by atoms with Gasteiger partial charge in [-0.25, -0.2) is 4.79 Å². The molecule has 0 aliphatic heterocycles. The number of hydrogen-bond donors (Lipinski definition) is 4. The van der Waals surface area contributed by atoms with Gasteiger partial charge < -0.3 is 25.7 Å². The quantitative estimate of drug-likeness (QED) is 0.605. The standard InChI is InChI=1S/C18H22N4O4/c1-12(2)21-17(24)14-7-3-4-8-15(14)22-16(23)11-20-18(25)19-10-13-6-5-9-26-13/h3-9,12H,10-11H2,1-2H3,(H,21,24)(H,22,23)(H2,19,20,25). The van der Waals surface area contributed by atoms with Crippen LogP contribution in [0.2, 0.25) is 0 Å². The Labute approximate surface area is 151 Å². The second kappa shape index (κ2) is 9.26. The molecule has 2 aromatic rings. The second-order valence-corrected chi connectivity index (χ2v) is 5.84. The number of hydrogen-bond acceptors (Lipinski definition) is 4. The molecule has 138 valence electrons. The van der Waals surface area contributed by atoms with Gasteiger partial charge in [-0.1, -0.05) is 12.1 Å². The van der Waals surface area contributed by atoms with Crippen molar-refractivity contribution in [3.63, 3.8) is 0 Å². The van der Waals surface area contributed by atoms with Crippen LogP contribution in [-0.2, 0) is 11.3 Å². The summed E-state index contributed by atoms with van der Waals surface area (Å²) >= 11 is 0. The molecule has 8 nitrogen and oxygen atoms in total. The predicted octanol–water partition coefficient (Wildman–Crippen LogP) is 1.86. The van der Waals surface area contributed by atoms with Crippen LogP contribution in [0.4, 0.5) is 10.5 Å². The first kappa shape index (κ1) is 19.0. The molecule has 0 aliphatic carbocycles. The summed E-state index contributed by atoms with van der Waals surface area (Å²) in [5.74, 6) is -0.113. The highest BCUT2D eigenvalue weighted by Gasteiger charge is 2.14. The molecule has 0 aliphatic rings. The zero-order chi connectivity index (χ0) is 18.9. The van der Waals surface area contributed by atoms with Crippen LogP contribution >= 0.6 is 0 Å². The largest absolute Gasteiger partial charge is 0.467 e. The van der Waals surface area contributed by atoms with Crippen LogP contribution in [0.1, 0.15) is 30.0 Å². The fourth-order valence-corrected chi connectivity index (χ4v) is 2.13. The maximum absolute atomic E-state index is 12.2. The molecule has 26 heavy (non-hydrogen) atoms. The Bertz CT molecular complexity index is 756. The number of furan rings is 1. The molecule has 0 atom stereocenters. The van der Waals surface area contributed by atoms with E-state index in [0.29, 0.717) is 17.0 Å². The number of amides is 4. The number of carbonyl (C=O) groups excluding carboxylic acids is 3. The van der Waals surface area contributed by atoms with Gasteiger partial charge in [-0.2, -0.15) is 0 Å². The van der Waals surface area contributed by atoms with Crippen molar-refractivity contribution in [2.45, 2.75) is 26.4 Å². The summed E-state index contributed by atoms with van der Waals surface area (Å²) in [5.41, 5.74) is 0.741. The molecule has 1 aromatic heterocycles. The highest BCUT2D eigenvalue weighted by atomic mass is 16.3. The van der Waals surface area contributed by atoms with Crippen molar-refractivity contribution in [1.29, 1.82) is 0 Å². The monoisotopic (exact) mass is 358 g/mol. The molecule has 1 heterocycles. The van der Waals surface area contributed by atoms with E-state index in [4.69, 9.17) is 4.42 Å². The molecule has 0 radical (unpaired) electrons. The summed E-state index contributed by atoms with van der Waals surface area (Å²) < 4.78 is 5.09. The molecule has 4 amide bonds. The van der Waals surface area contributed by atoms with Crippen molar-refractivity contribution < 1.29 is 18.8 Å². The summed E-state index contributed by atoms with van der Waals surface area (Å²) in [6.07, 6.45) is 1.51. The molecule has 0 saturated carbocycles. The normalized spacial score (nSPS) is 10.3. The Morgan fingerprint density at radius 2 is 1.81 bits per heavy atom. The van der Waals surface area contributed by atoms with Gasteiger partial charge in [0.15, 0.2) is 0 Å². The zero-order valence-corrected chi connectivity index (χ0v) is 14.7. The summed E-state index contributed by atoms with van der Waals surface area (Å²) in [5, 5.41) is 10.4. The minimum Gasteiger partial charge on any atom is -0.467 e. The first-order valence-corrected chi connectivity index (χ1v) is 8.19. The highest BCUT2D eigenvalue weighted by molar-refractivity contribution is 6.04. The Balaban J connectivity index is 1.84. The minimum atomic E-state index is -0.498.